The number of piperazine rings is 2. The van der Waals surface area contributed by atoms with E-state index in [0.717, 1.165) is 75.1 Å². The zero-order valence-corrected chi connectivity index (χ0v) is 18.8. The minimum Gasteiger partial charge on any atom is -0.395 e. The molecule has 9 heteroatoms. The van der Waals surface area contributed by atoms with E-state index in [1.54, 1.807) is 0 Å². The molecule has 2 aromatic rings. The first-order chi connectivity index (χ1) is 15.7. The summed E-state index contributed by atoms with van der Waals surface area (Å²) in [5.74, 6) is 1.74. The van der Waals surface area contributed by atoms with Crippen LogP contribution in [-0.4, -0.2) is 96.6 Å². The van der Waals surface area contributed by atoms with E-state index in [1.807, 2.05) is 41.3 Å². The van der Waals surface area contributed by atoms with Crippen molar-refractivity contribution < 1.29 is 9.90 Å². The molecule has 0 unspecified atom stereocenters. The van der Waals surface area contributed by atoms with Gasteiger partial charge >= 0.3 is 6.03 Å². The van der Waals surface area contributed by atoms with E-state index >= 15 is 0 Å². The average molecular weight is 440 g/mol. The second kappa shape index (κ2) is 10.6. The molecule has 2 aliphatic rings. The highest BCUT2D eigenvalue weighted by Gasteiger charge is 2.23. The first kappa shape index (κ1) is 22.3. The maximum absolute atomic E-state index is 12.7. The Labute approximate surface area is 189 Å². The molecule has 0 radical (unpaired) electrons. The number of carbonyl (C=O) groups is 1. The number of aliphatic hydroxyl groups excluding tert-OH is 1. The normalized spacial score (nSPS) is 17.5. The molecule has 1 aromatic carbocycles. The van der Waals surface area contributed by atoms with Crippen molar-refractivity contribution in [1.29, 1.82) is 0 Å². The van der Waals surface area contributed by atoms with Crippen LogP contribution in [0.2, 0.25) is 0 Å². The summed E-state index contributed by atoms with van der Waals surface area (Å²) in [4.78, 5) is 21.2. The molecule has 2 fully saturated rings. The summed E-state index contributed by atoms with van der Waals surface area (Å²) in [5.41, 5.74) is 2.03. The van der Waals surface area contributed by atoms with Crippen LogP contribution in [0.15, 0.2) is 36.4 Å². The fraction of sp³-hybridized carbons (Fsp3) is 0.522. The molecule has 0 aliphatic carbocycles. The van der Waals surface area contributed by atoms with Gasteiger partial charge in [-0.2, -0.15) is 0 Å². The van der Waals surface area contributed by atoms with Crippen LogP contribution in [0.5, 0.6) is 0 Å². The van der Waals surface area contributed by atoms with Gasteiger partial charge in [0.1, 0.15) is 0 Å². The molecule has 2 aliphatic heterocycles. The number of aliphatic hydroxyl groups is 1. The van der Waals surface area contributed by atoms with Gasteiger partial charge in [-0.1, -0.05) is 25.1 Å². The molecular formula is C23H33N7O2. The fourth-order valence-corrected chi connectivity index (χ4v) is 4.28. The van der Waals surface area contributed by atoms with Gasteiger partial charge in [-0.3, -0.25) is 4.90 Å². The van der Waals surface area contributed by atoms with Gasteiger partial charge < -0.3 is 25.1 Å². The lowest BCUT2D eigenvalue weighted by atomic mass is 10.1. The number of rotatable bonds is 6. The average Bonchev–Trinajstić information content (AvgIpc) is 2.85. The van der Waals surface area contributed by atoms with E-state index in [1.165, 1.54) is 0 Å². The Morgan fingerprint density at radius 2 is 1.50 bits per heavy atom. The lowest BCUT2D eigenvalue weighted by Crippen LogP contribution is -2.50. The van der Waals surface area contributed by atoms with Gasteiger partial charge in [-0.05, 0) is 30.2 Å². The van der Waals surface area contributed by atoms with E-state index in [4.69, 9.17) is 5.11 Å². The second-order valence-corrected chi connectivity index (χ2v) is 8.22. The summed E-state index contributed by atoms with van der Waals surface area (Å²) in [6, 6.07) is 12.0. The third kappa shape index (κ3) is 5.28. The monoisotopic (exact) mass is 439 g/mol. The molecule has 0 atom stereocenters. The van der Waals surface area contributed by atoms with E-state index in [0.29, 0.717) is 13.1 Å². The van der Waals surface area contributed by atoms with Crippen LogP contribution < -0.4 is 15.1 Å². The van der Waals surface area contributed by atoms with Crippen LogP contribution in [0.1, 0.15) is 12.5 Å². The number of hydrogen-bond donors (Lipinski definition) is 2. The zero-order chi connectivity index (χ0) is 22.3. The Morgan fingerprint density at radius 3 is 2.06 bits per heavy atom. The van der Waals surface area contributed by atoms with Gasteiger partial charge in [-0.25, -0.2) is 4.79 Å². The Hall–Kier alpha value is -2.91. The molecule has 9 nitrogen and oxygen atoms in total. The SMILES string of the molecule is CCc1ccccc1NC(=O)N1CCN(c2ccc(N3CCN(CCO)CC3)nn2)CC1. The number of amides is 2. The van der Waals surface area contributed by atoms with Crippen LogP contribution in [0.3, 0.4) is 0 Å². The molecule has 3 heterocycles. The van der Waals surface area contributed by atoms with Crippen molar-refractivity contribution in [1.82, 2.24) is 20.0 Å². The van der Waals surface area contributed by atoms with Crippen LogP contribution in [0.4, 0.5) is 22.1 Å². The topological polar surface area (TPSA) is 88.1 Å². The number of nitrogens with zero attached hydrogens (tertiary/aromatic N) is 6. The predicted molar refractivity (Wildman–Crippen MR) is 126 cm³/mol. The molecule has 4 rings (SSSR count). The number of para-hydroxylation sites is 1. The smallest absolute Gasteiger partial charge is 0.321 e. The quantitative estimate of drug-likeness (QED) is 0.705. The van der Waals surface area contributed by atoms with E-state index in [2.05, 4.69) is 37.1 Å². The molecule has 1 aromatic heterocycles. The molecule has 0 spiro atoms. The maximum Gasteiger partial charge on any atom is 0.321 e. The number of urea groups is 1. The molecule has 2 saturated heterocycles. The maximum atomic E-state index is 12.7. The number of aromatic nitrogens is 2. The Balaban J connectivity index is 1.27. The van der Waals surface area contributed by atoms with Crippen molar-refractivity contribution in [2.75, 3.05) is 80.6 Å². The number of hydrogen-bond acceptors (Lipinski definition) is 7. The first-order valence-corrected chi connectivity index (χ1v) is 11.5. The highest BCUT2D eigenvalue weighted by Crippen LogP contribution is 2.19. The minimum atomic E-state index is -0.0488. The number of anilines is 3. The van der Waals surface area contributed by atoms with Gasteiger partial charge in [0, 0.05) is 64.6 Å². The summed E-state index contributed by atoms with van der Waals surface area (Å²) >= 11 is 0. The fourth-order valence-electron chi connectivity index (χ4n) is 4.28. The second-order valence-electron chi connectivity index (χ2n) is 8.22. The Kier molecular flexibility index (Phi) is 7.39. The zero-order valence-electron chi connectivity index (χ0n) is 18.8. The summed E-state index contributed by atoms with van der Waals surface area (Å²) in [5, 5.41) is 21.0. The largest absolute Gasteiger partial charge is 0.395 e. The third-order valence-corrected chi connectivity index (χ3v) is 6.28. The molecule has 172 valence electrons. The number of carbonyl (C=O) groups excluding carboxylic acids is 1. The lowest BCUT2D eigenvalue weighted by molar-refractivity contribution is 0.188. The summed E-state index contributed by atoms with van der Waals surface area (Å²) in [6.07, 6.45) is 0.886. The van der Waals surface area contributed by atoms with Crippen molar-refractivity contribution in [3.8, 4) is 0 Å². The van der Waals surface area contributed by atoms with Crippen molar-refractivity contribution in [2.45, 2.75) is 13.3 Å². The molecule has 2 N–H and O–H groups in total. The number of aryl methyl sites for hydroxylation is 1. The predicted octanol–water partition coefficient (Wildman–Crippen LogP) is 1.51. The molecular weight excluding hydrogens is 406 g/mol. The molecule has 0 saturated carbocycles. The van der Waals surface area contributed by atoms with Crippen LogP contribution in [0, 0.1) is 0 Å². The van der Waals surface area contributed by atoms with Crippen LogP contribution >= 0.6 is 0 Å². The molecule has 32 heavy (non-hydrogen) atoms. The highest BCUT2D eigenvalue weighted by molar-refractivity contribution is 5.90. The Bertz CT molecular complexity index is 876. The number of benzene rings is 1. The van der Waals surface area contributed by atoms with Gasteiger partial charge in [0.25, 0.3) is 0 Å². The lowest BCUT2D eigenvalue weighted by Gasteiger charge is -2.36. The van der Waals surface area contributed by atoms with Crippen molar-refractivity contribution >= 4 is 23.4 Å². The molecule has 0 bridgehead atoms. The van der Waals surface area contributed by atoms with Crippen LogP contribution in [0.25, 0.3) is 0 Å². The number of β-amino-alcohol motifs (C(OH)–C–C–N with tert-alkyl or cyclic N) is 1. The number of nitrogens with one attached hydrogen (secondary N) is 1. The van der Waals surface area contributed by atoms with Gasteiger partial charge in [0.05, 0.1) is 6.61 Å². The van der Waals surface area contributed by atoms with Crippen molar-refractivity contribution in [3.63, 3.8) is 0 Å². The first-order valence-electron chi connectivity index (χ1n) is 11.5. The van der Waals surface area contributed by atoms with E-state index < -0.39 is 0 Å². The highest BCUT2D eigenvalue weighted by atomic mass is 16.3. The van der Waals surface area contributed by atoms with Gasteiger partial charge in [0.2, 0.25) is 0 Å². The summed E-state index contributed by atoms with van der Waals surface area (Å²) in [6.45, 7) is 9.43. The molecule has 2 amide bonds. The standard InChI is InChI=1S/C23H33N7O2/c1-2-19-5-3-4-6-20(19)24-23(32)30-15-13-29(14-16-30)22-8-7-21(25-26-22)28-11-9-27(10-12-28)17-18-31/h3-8,31H,2,9-18H2,1H3,(H,24,32). The minimum absolute atomic E-state index is 0.0488. The van der Waals surface area contributed by atoms with E-state index in [-0.39, 0.29) is 12.6 Å². The van der Waals surface area contributed by atoms with Crippen molar-refractivity contribution in [2.24, 2.45) is 0 Å². The van der Waals surface area contributed by atoms with Crippen molar-refractivity contribution in [3.05, 3.63) is 42.0 Å². The Morgan fingerprint density at radius 1 is 0.906 bits per heavy atom. The summed E-state index contributed by atoms with van der Waals surface area (Å²) in [7, 11) is 0. The third-order valence-electron chi connectivity index (χ3n) is 6.28. The summed E-state index contributed by atoms with van der Waals surface area (Å²) < 4.78 is 0. The van der Waals surface area contributed by atoms with Gasteiger partial charge in [-0.15, -0.1) is 10.2 Å². The van der Waals surface area contributed by atoms with Gasteiger partial charge in [0.15, 0.2) is 11.6 Å². The van der Waals surface area contributed by atoms with E-state index in [9.17, 15) is 4.79 Å². The van der Waals surface area contributed by atoms with Crippen LogP contribution in [-0.2, 0) is 6.42 Å².